The normalized spacial score (nSPS) is 13.9. The molecule has 11 nitrogen and oxygen atoms in total. The predicted molar refractivity (Wildman–Crippen MR) is 170 cm³/mol. The average Bonchev–Trinajstić information content (AvgIpc) is 3.33. The molecule has 1 aliphatic rings. The molecule has 13 heteroatoms. The number of nitrogens with one attached hydrogen (secondary N) is 4. The maximum Gasteiger partial charge on any atom is 0.407 e. The molecule has 0 saturated carbocycles. The summed E-state index contributed by atoms with van der Waals surface area (Å²) in [7, 11) is -0.185. The summed E-state index contributed by atoms with van der Waals surface area (Å²) in [5.74, 6) is -0.829. The van der Waals surface area contributed by atoms with Crippen LogP contribution >= 0.6 is 11.8 Å². The van der Waals surface area contributed by atoms with Gasteiger partial charge in [-0.25, -0.2) is 4.79 Å². The fourth-order valence-corrected chi connectivity index (χ4v) is 6.25. The largest absolute Gasteiger partial charge is 0.481 e. The molecule has 1 aliphatic carbocycles. The van der Waals surface area contributed by atoms with Crippen molar-refractivity contribution in [3.8, 4) is 11.1 Å². The first-order valence-corrected chi connectivity index (χ1v) is 16.9. The van der Waals surface area contributed by atoms with Crippen molar-refractivity contribution >= 4 is 51.2 Å². The highest BCUT2D eigenvalue weighted by Gasteiger charge is 2.29. The molecule has 0 aromatic heterocycles. The van der Waals surface area contributed by atoms with Gasteiger partial charge in [-0.05, 0) is 54.7 Å². The highest BCUT2D eigenvalue weighted by molar-refractivity contribution is 7.99. The van der Waals surface area contributed by atoms with Gasteiger partial charge in [0.25, 0.3) is 0 Å². The summed E-state index contributed by atoms with van der Waals surface area (Å²) in [6.07, 6.45) is 1.79. The van der Waals surface area contributed by atoms with Gasteiger partial charge in [0.1, 0.15) is 18.7 Å². The molecule has 2 aromatic rings. The van der Waals surface area contributed by atoms with Crippen LogP contribution in [0.4, 0.5) is 4.79 Å². The van der Waals surface area contributed by atoms with Gasteiger partial charge >= 0.3 is 12.1 Å². The molecular weight excluding hydrogens is 601 g/mol. The van der Waals surface area contributed by atoms with Crippen molar-refractivity contribution < 1.29 is 33.8 Å². The highest BCUT2D eigenvalue weighted by atomic mass is 32.2. The quantitative estimate of drug-likeness (QED) is 0.0998. The molecule has 0 heterocycles. The molecule has 44 heavy (non-hydrogen) atoms. The van der Waals surface area contributed by atoms with E-state index >= 15 is 0 Å². The summed E-state index contributed by atoms with van der Waals surface area (Å²) in [4.78, 5) is 63.2. The lowest BCUT2D eigenvalue weighted by molar-refractivity contribution is -0.137. The molecule has 3 atom stereocenters. The van der Waals surface area contributed by atoms with Gasteiger partial charge in [0.15, 0.2) is 9.68 Å². The van der Waals surface area contributed by atoms with Gasteiger partial charge in [0.05, 0.1) is 5.88 Å². The number of hydrogen-bond acceptors (Lipinski definition) is 7. The number of fused-ring (bicyclic) bond motifs is 3. The Morgan fingerprint density at radius 2 is 1.45 bits per heavy atom. The maximum atomic E-state index is 12.6. The molecule has 0 spiro atoms. The number of rotatable bonds is 17. The molecule has 2 radical (unpaired) electrons. The van der Waals surface area contributed by atoms with Crippen LogP contribution in [0.25, 0.3) is 11.1 Å². The Hall–Kier alpha value is -3.84. The summed E-state index contributed by atoms with van der Waals surface area (Å²) in [5.41, 5.74) is 3.95. The SMILES string of the molecule is C[C@H](NC(=O)OCC1c2ccccc2-c2ccccc21)C(=O)N[C@H](C)C(=O)N[Si][C@@H](C)C(=O)NCSCCCCCC(=O)O. The molecule has 4 amide bonds. The summed E-state index contributed by atoms with van der Waals surface area (Å²) in [6.45, 7) is 4.85. The number of carbonyl (C=O) groups excluding carboxylic acids is 4. The van der Waals surface area contributed by atoms with Crippen LogP contribution in [0.2, 0.25) is 5.54 Å². The maximum absolute atomic E-state index is 12.6. The van der Waals surface area contributed by atoms with E-state index in [2.05, 4.69) is 20.9 Å². The molecule has 0 aliphatic heterocycles. The van der Waals surface area contributed by atoms with E-state index in [1.807, 2.05) is 48.5 Å². The molecule has 0 unspecified atom stereocenters. The number of amides is 4. The van der Waals surface area contributed by atoms with E-state index in [0.717, 1.165) is 40.8 Å². The lowest BCUT2D eigenvalue weighted by Crippen LogP contribution is -2.52. The van der Waals surface area contributed by atoms with Gasteiger partial charge in [0, 0.05) is 17.9 Å². The number of ether oxygens (including phenoxy) is 1. The van der Waals surface area contributed by atoms with Crippen molar-refractivity contribution in [3.05, 3.63) is 59.7 Å². The Morgan fingerprint density at radius 1 is 0.841 bits per heavy atom. The first-order valence-electron chi connectivity index (χ1n) is 14.6. The smallest absolute Gasteiger partial charge is 0.407 e. The van der Waals surface area contributed by atoms with E-state index in [1.54, 1.807) is 18.7 Å². The zero-order valence-corrected chi connectivity index (χ0v) is 27.0. The van der Waals surface area contributed by atoms with E-state index < -0.39 is 41.5 Å². The third-order valence-corrected chi connectivity index (χ3v) is 9.17. The van der Waals surface area contributed by atoms with Gasteiger partial charge in [-0.15, -0.1) is 11.8 Å². The third-order valence-electron chi connectivity index (χ3n) is 7.16. The number of hydrogen-bond donors (Lipinski definition) is 5. The number of alkyl carbamates (subject to hydrolysis) is 1. The summed E-state index contributed by atoms with van der Waals surface area (Å²) in [5, 5.41) is 16.5. The minimum atomic E-state index is -0.942. The highest BCUT2D eigenvalue weighted by Crippen LogP contribution is 2.44. The second-order valence-electron chi connectivity index (χ2n) is 10.6. The predicted octanol–water partition coefficient (Wildman–Crippen LogP) is 3.41. The van der Waals surface area contributed by atoms with Crippen molar-refractivity contribution in [2.75, 3.05) is 18.2 Å². The van der Waals surface area contributed by atoms with Gasteiger partial charge < -0.3 is 30.8 Å². The third kappa shape index (κ3) is 10.4. The molecule has 0 bridgehead atoms. The van der Waals surface area contributed by atoms with Crippen LogP contribution < -0.4 is 20.9 Å². The molecule has 5 N–H and O–H groups in total. The number of carboxylic acids is 1. The van der Waals surface area contributed by atoms with E-state index in [1.165, 1.54) is 13.8 Å². The average molecular weight is 641 g/mol. The lowest BCUT2D eigenvalue weighted by Gasteiger charge is -2.19. The Labute approximate surface area is 264 Å². The van der Waals surface area contributed by atoms with Crippen LogP contribution in [-0.2, 0) is 23.9 Å². The first-order chi connectivity index (χ1) is 21.1. The minimum Gasteiger partial charge on any atom is -0.481 e. The van der Waals surface area contributed by atoms with Crippen LogP contribution in [0.5, 0.6) is 0 Å². The van der Waals surface area contributed by atoms with Crippen molar-refractivity contribution in [1.82, 2.24) is 20.9 Å². The molecule has 0 fully saturated rings. The minimum absolute atomic E-state index is 0.105. The van der Waals surface area contributed by atoms with E-state index in [9.17, 15) is 24.0 Å². The molecule has 2 aromatic carbocycles. The standard InChI is InChI=1S/C31H40N4O7SSi/c1-19(34-31(41)42-17-26-24-13-8-6-11-22(24)23-12-7-9-14-25(23)26)28(38)33-20(2)29(39)35-44-21(3)30(40)32-18-43-16-10-4-5-15-27(36)37/h6-9,11-14,19-21,26H,4-5,10,15-18H2,1-3H3,(H,32,40)(H,33,38)(H,34,41)(H,35,39)(H,36,37)/t19-,20+,21-/m0/s1. The first kappa shape index (κ1) is 34.6. The fraction of sp³-hybridized carbons (Fsp3) is 0.452. The van der Waals surface area contributed by atoms with E-state index in [-0.39, 0.29) is 34.5 Å². The van der Waals surface area contributed by atoms with Crippen molar-refractivity contribution in [3.63, 3.8) is 0 Å². The Bertz CT molecular complexity index is 1280. The van der Waals surface area contributed by atoms with Gasteiger partial charge in [-0.3, -0.25) is 19.2 Å². The number of benzene rings is 2. The lowest BCUT2D eigenvalue weighted by atomic mass is 9.98. The van der Waals surface area contributed by atoms with Gasteiger partial charge in [0.2, 0.25) is 17.7 Å². The molecule has 0 saturated heterocycles. The van der Waals surface area contributed by atoms with E-state index in [4.69, 9.17) is 9.84 Å². The topological polar surface area (TPSA) is 163 Å². The summed E-state index contributed by atoms with van der Waals surface area (Å²) >= 11 is 1.55. The second kappa shape index (κ2) is 17.5. The van der Waals surface area contributed by atoms with Crippen LogP contribution in [0.15, 0.2) is 48.5 Å². The van der Waals surface area contributed by atoms with Crippen molar-refractivity contribution in [2.45, 2.75) is 70.0 Å². The summed E-state index contributed by atoms with van der Waals surface area (Å²) < 4.78 is 5.50. The zero-order valence-electron chi connectivity index (χ0n) is 25.2. The fourth-order valence-electron chi connectivity index (χ4n) is 4.64. The van der Waals surface area contributed by atoms with Crippen molar-refractivity contribution in [2.24, 2.45) is 0 Å². The Morgan fingerprint density at radius 3 is 2.09 bits per heavy atom. The van der Waals surface area contributed by atoms with Crippen LogP contribution in [0.3, 0.4) is 0 Å². The Kier molecular flexibility index (Phi) is 13.7. The summed E-state index contributed by atoms with van der Waals surface area (Å²) in [6, 6.07) is 14.2. The van der Waals surface area contributed by atoms with Crippen LogP contribution in [-0.4, -0.2) is 74.9 Å². The number of carboxylic acid groups (broad SMARTS) is 1. The van der Waals surface area contributed by atoms with Gasteiger partial charge in [-0.2, -0.15) is 0 Å². The number of thioether (sulfide) groups is 1. The Balaban J connectivity index is 1.32. The number of unbranched alkanes of at least 4 members (excludes halogenated alkanes) is 2. The van der Waals surface area contributed by atoms with Crippen LogP contribution in [0, 0.1) is 0 Å². The second-order valence-corrected chi connectivity index (χ2v) is 13.1. The molecular formula is C31H40N4O7SSi. The van der Waals surface area contributed by atoms with E-state index in [0.29, 0.717) is 12.3 Å². The zero-order chi connectivity index (χ0) is 32.1. The molecule has 3 rings (SSSR count). The number of aliphatic carboxylic acids is 1. The number of carbonyl (C=O) groups is 5. The molecule has 236 valence electrons. The monoisotopic (exact) mass is 640 g/mol. The van der Waals surface area contributed by atoms with Crippen LogP contribution in [0.1, 0.15) is 63.5 Å². The van der Waals surface area contributed by atoms with Gasteiger partial charge in [-0.1, -0.05) is 61.9 Å². The van der Waals surface area contributed by atoms with Crippen molar-refractivity contribution in [1.29, 1.82) is 0 Å².